The van der Waals surface area contributed by atoms with E-state index in [0.29, 0.717) is 19.6 Å². The van der Waals surface area contributed by atoms with Gasteiger partial charge in [-0.3, -0.25) is 14.5 Å². The van der Waals surface area contributed by atoms with Crippen molar-refractivity contribution in [2.75, 3.05) is 57.5 Å². The first-order chi connectivity index (χ1) is 18.5. The number of anilines is 2. The molecule has 4 rings (SSSR count). The average molecular weight is 525 g/mol. The number of nitrogens with two attached hydrogens (primary N) is 2. The Kier molecular flexibility index (Phi) is 9.74. The first kappa shape index (κ1) is 27.6. The van der Waals surface area contributed by atoms with Crippen LogP contribution in [0, 0.1) is 0 Å². The van der Waals surface area contributed by atoms with E-state index in [1.54, 1.807) is 12.0 Å². The van der Waals surface area contributed by atoms with Gasteiger partial charge in [-0.1, -0.05) is 38.3 Å². The Labute approximate surface area is 224 Å². The molecular formula is C27H40N8O3. The zero-order valence-electron chi connectivity index (χ0n) is 22.5. The van der Waals surface area contributed by atoms with E-state index in [2.05, 4.69) is 54.7 Å². The second-order valence-corrected chi connectivity index (χ2v) is 9.71. The molecular weight excluding hydrogens is 484 g/mol. The van der Waals surface area contributed by atoms with Gasteiger partial charge in [-0.2, -0.15) is 4.98 Å². The highest BCUT2D eigenvalue weighted by molar-refractivity contribution is 5.87. The molecule has 0 radical (unpaired) electrons. The Morgan fingerprint density at radius 1 is 1.08 bits per heavy atom. The van der Waals surface area contributed by atoms with Crippen LogP contribution in [0.4, 0.5) is 11.8 Å². The average Bonchev–Trinajstić information content (AvgIpc) is 3.32. The number of hydrogen-bond acceptors (Lipinski definition) is 9. The molecule has 5 N–H and O–H groups in total. The number of unbranched alkanes of at least 4 members (excludes halogenated alkanes) is 3. The summed E-state index contributed by atoms with van der Waals surface area (Å²) in [6, 6.07) is 8.34. The van der Waals surface area contributed by atoms with Crippen LogP contribution in [0.5, 0.6) is 5.75 Å². The lowest BCUT2D eigenvalue weighted by Gasteiger charge is -2.34. The molecule has 0 bridgehead atoms. The third-order valence-corrected chi connectivity index (χ3v) is 6.98. The van der Waals surface area contributed by atoms with Crippen molar-refractivity contribution in [3.05, 3.63) is 41.6 Å². The molecule has 1 saturated heterocycles. The van der Waals surface area contributed by atoms with Crippen LogP contribution in [-0.2, 0) is 22.7 Å². The number of aromatic nitrogens is 3. The van der Waals surface area contributed by atoms with Gasteiger partial charge < -0.3 is 25.3 Å². The number of rotatable bonds is 13. The Hall–Kier alpha value is -3.41. The number of piperazine rings is 1. The van der Waals surface area contributed by atoms with Crippen molar-refractivity contribution < 1.29 is 14.4 Å². The SMILES string of the molecule is CCCCCCNc1nc(N)nc2ccn(Cc3ccc(CN4CCN(C(=O)CON)CC4)cc3OC)c12. The van der Waals surface area contributed by atoms with Crippen LogP contribution in [0.3, 0.4) is 0 Å². The molecule has 1 aliphatic heterocycles. The molecule has 0 saturated carbocycles. The summed E-state index contributed by atoms with van der Waals surface area (Å²) in [6.45, 7) is 7.32. The Bertz CT molecular complexity index is 1210. The highest BCUT2D eigenvalue weighted by atomic mass is 16.6. The van der Waals surface area contributed by atoms with Crippen molar-refractivity contribution in [1.29, 1.82) is 0 Å². The number of hydrogen-bond donors (Lipinski definition) is 3. The van der Waals surface area contributed by atoms with Crippen LogP contribution in [0.1, 0.15) is 43.7 Å². The van der Waals surface area contributed by atoms with Gasteiger partial charge in [0.05, 0.1) is 19.2 Å². The quantitative estimate of drug-likeness (QED) is 0.228. The molecule has 1 fully saturated rings. The first-order valence-corrected chi connectivity index (χ1v) is 13.4. The van der Waals surface area contributed by atoms with Gasteiger partial charge in [0, 0.05) is 51.0 Å². The van der Waals surface area contributed by atoms with Gasteiger partial charge in [0.15, 0.2) is 5.82 Å². The fraction of sp³-hybridized carbons (Fsp3) is 0.519. The van der Waals surface area contributed by atoms with E-state index in [4.69, 9.17) is 16.4 Å². The number of carbonyl (C=O) groups is 1. The second-order valence-electron chi connectivity index (χ2n) is 9.71. The lowest BCUT2D eigenvalue weighted by molar-refractivity contribution is -0.138. The fourth-order valence-electron chi connectivity index (χ4n) is 4.92. The minimum atomic E-state index is -0.0780. The van der Waals surface area contributed by atoms with Crippen molar-refractivity contribution >= 4 is 28.7 Å². The zero-order valence-corrected chi connectivity index (χ0v) is 22.5. The second kappa shape index (κ2) is 13.4. The molecule has 11 nitrogen and oxygen atoms in total. The number of nitrogens with zero attached hydrogens (tertiary/aromatic N) is 5. The monoisotopic (exact) mass is 524 g/mol. The normalized spacial score (nSPS) is 14.2. The molecule has 0 aliphatic carbocycles. The molecule has 0 atom stereocenters. The predicted molar refractivity (Wildman–Crippen MR) is 149 cm³/mol. The molecule has 0 spiro atoms. The predicted octanol–water partition coefficient (Wildman–Crippen LogP) is 2.60. The van der Waals surface area contributed by atoms with Crippen molar-refractivity contribution in [3.63, 3.8) is 0 Å². The first-order valence-electron chi connectivity index (χ1n) is 13.4. The number of fused-ring (bicyclic) bond motifs is 1. The zero-order chi connectivity index (χ0) is 26.9. The third kappa shape index (κ3) is 6.91. The van der Waals surface area contributed by atoms with E-state index in [9.17, 15) is 4.79 Å². The van der Waals surface area contributed by atoms with Crippen molar-refractivity contribution in [2.45, 2.75) is 45.7 Å². The van der Waals surface area contributed by atoms with Crippen LogP contribution in [-0.4, -0.2) is 76.7 Å². The summed E-state index contributed by atoms with van der Waals surface area (Å²) in [6.07, 6.45) is 6.73. The number of methoxy groups -OCH3 is 1. The van der Waals surface area contributed by atoms with Crippen LogP contribution < -0.4 is 21.7 Å². The number of amides is 1. The standard InChI is InChI=1S/C27H40N8O3/c1-3-4-5-6-10-30-26-25-22(31-27(28)32-26)9-11-35(25)18-21-8-7-20(16-23(21)37-2)17-33-12-14-34(15-13-33)24(36)19-38-29/h7-9,11,16H,3-6,10,12-15,17-19,29H2,1-2H3,(H3,28,30,31,32). The number of benzene rings is 1. The molecule has 38 heavy (non-hydrogen) atoms. The van der Waals surface area contributed by atoms with Crippen LogP contribution in [0.25, 0.3) is 11.0 Å². The van der Waals surface area contributed by atoms with Gasteiger partial charge in [-0.05, 0) is 24.1 Å². The lowest BCUT2D eigenvalue weighted by Crippen LogP contribution is -2.49. The molecule has 11 heteroatoms. The Morgan fingerprint density at radius 2 is 1.89 bits per heavy atom. The minimum Gasteiger partial charge on any atom is -0.496 e. The maximum atomic E-state index is 12.0. The highest BCUT2D eigenvalue weighted by Crippen LogP contribution is 2.27. The van der Waals surface area contributed by atoms with Gasteiger partial charge in [-0.15, -0.1) is 0 Å². The molecule has 1 amide bonds. The topological polar surface area (TPSA) is 137 Å². The Balaban J connectivity index is 1.44. The molecule has 1 aromatic carbocycles. The highest BCUT2D eigenvalue weighted by Gasteiger charge is 2.21. The number of carbonyl (C=O) groups excluding carboxylic acids is 1. The van der Waals surface area contributed by atoms with Gasteiger partial charge in [-0.25, -0.2) is 10.9 Å². The minimum absolute atomic E-state index is 0.0707. The van der Waals surface area contributed by atoms with Gasteiger partial charge >= 0.3 is 0 Å². The number of nitrogens with one attached hydrogen (secondary N) is 1. The number of ether oxygens (including phenoxy) is 1. The van der Waals surface area contributed by atoms with Crippen molar-refractivity contribution in [1.82, 2.24) is 24.3 Å². The fourth-order valence-corrected chi connectivity index (χ4v) is 4.92. The van der Waals surface area contributed by atoms with E-state index >= 15 is 0 Å². The molecule has 2 aromatic heterocycles. The van der Waals surface area contributed by atoms with Crippen LogP contribution in [0.15, 0.2) is 30.5 Å². The van der Waals surface area contributed by atoms with E-state index in [1.807, 2.05) is 12.3 Å². The summed E-state index contributed by atoms with van der Waals surface area (Å²) in [5.41, 5.74) is 9.98. The van der Waals surface area contributed by atoms with Crippen LogP contribution in [0.2, 0.25) is 0 Å². The summed E-state index contributed by atoms with van der Waals surface area (Å²) in [4.78, 5) is 29.5. The maximum absolute atomic E-state index is 12.0. The Morgan fingerprint density at radius 3 is 2.63 bits per heavy atom. The van der Waals surface area contributed by atoms with Gasteiger partial charge in [0.25, 0.3) is 5.91 Å². The van der Waals surface area contributed by atoms with E-state index in [-0.39, 0.29) is 18.5 Å². The molecule has 1 aliphatic rings. The maximum Gasteiger partial charge on any atom is 0.250 e. The van der Waals surface area contributed by atoms with Gasteiger partial charge in [0.1, 0.15) is 17.9 Å². The van der Waals surface area contributed by atoms with Gasteiger partial charge in [0.2, 0.25) is 5.95 Å². The summed E-state index contributed by atoms with van der Waals surface area (Å²) >= 11 is 0. The molecule has 0 unspecified atom stereocenters. The molecule has 3 aromatic rings. The van der Waals surface area contributed by atoms with Crippen LogP contribution >= 0.6 is 0 Å². The van der Waals surface area contributed by atoms with Crippen molar-refractivity contribution in [2.24, 2.45) is 5.90 Å². The molecule has 206 valence electrons. The van der Waals surface area contributed by atoms with E-state index < -0.39 is 0 Å². The van der Waals surface area contributed by atoms with E-state index in [0.717, 1.165) is 60.8 Å². The summed E-state index contributed by atoms with van der Waals surface area (Å²) < 4.78 is 7.93. The summed E-state index contributed by atoms with van der Waals surface area (Å²) in [7, 11) is 1.70. The largest absolute Gasteiger partial charge is 0.496 e. The third-order valence-electron chi connectivity index (χ3n) is 6.98. The lowest BCUT2D eigenvalue weighted by atomic mass is 10.1. The van der Waals surface area contributed by atoms with Crippen molar-refractivity contribution in [3.8, 4) is 5.75 Å². The smallest absolute Gasteiger partial charge is 0.250 e. The summed E-state index contributed by atoms with van der Waals surface area (Å²) in [5.74, 6) is 6.84. The summed E-state index contributed by atoms with van der Waals surface area (Å²) in [5, 5.41) is 3.47. The molecule has 3 heterocycles. The number of nitrogen functional groups attached to an aromatic ring is 1. The van der Waals surface area contributed by atoms with E-state index in [1.165, 1.54) is 24.8 Å².